The van der Waals surface area contributed by atoms with Gasteiger partial charge in [-0.05, 0) is 24.1 Å². The number of anilines is 1. The van der Waals surface area contributed by atoms with Crippen molar-refractivity contribution in [2.75, 3.05) is 5.32 Å². The van der Waals surface area contributed by atoms with E-state index >= 15 is 0 Å². The number of hydrogen-bond donors (Lipinski definition) is 1. The summed E-state index contributed by atoms with van der Waals surface area (Å²) in [5, 5.41) is 3.68. The number of hydrogen-bond acceptors (Lipinski definition) is 5. The number of pyridine rings is 1. The number of fused-ring (bicyclic) bond motifs is 1. The van der Waals surface area contributed by atoms with Gasteiger partial charge >= 0.3 is 5.69 Å². The second-order valence-electron chi connectivity index (χ2n) is 5.35. The van der Waals surface area contributed by atoms with Crippen LogP contribution in [0.3, 0.4) is 0 Å². The number of aromatic nitrogens is 3. The molecule has 0 saturated carbocycles. The maximum Gasteiger partial charge on any atom is 0.332 e. The fourth-order valence-electron chi connectivity index (χ4n) is 2.63. The van der Waals surface area contributed by atoms with Gasteiger partial charge in [0.05, 0.1) is 18.5 Å². The highest BCUT2D eigenvalue weighted by Gasteiger charge is 2.16. The lowest BCUT2D eigenvalue weighted by molar-refractivity contribution is 0.518. The molecule has 1 N–H and O–H groups in total. The lowest BCUT2D eigenvalue weighted by Gasteiger charge is -2.15. The van der Waals surface area contributed by atoms with E-state index in [2.05, 4.69) is 10.3 Å². The first-order valence-corrected chi connectivity index (χ1v) is 7.38. The van der Waals surface area contributed by atoms with Crippen molar-refractivity contribution in [3.63, 3.8) is 0 Å². The number of aryl methyl sites for hydroxylation is 2. The summed E-state index contributed by atoms with van der Waals surface area (Å²) in [5.41, 5.74) is 1.24. The van der Waals surface area contributed by atoms with Crippen LogP contribution in [-0.2, 0) is 27.1 Å². The Morgan fingerprint density at radius 1 is 1.26 bits per heavy atom. The number of nitrogens with one attached hydrogen (secondary N) is 1. The van der Waals surface area contributed by atoms with Gasteiger partial charge in [-0.1, -0.05) is 6.92 Å². The molecule has 0 radical (unpaired) electrons. The van der Waals surface area contributed by atoms with E-state index in [4.69, 9.17) is 4.42 Å². The van der Waals surface area contributed by atoms with Crippen molar-refractivity contribution in [1.82, 2.24) is 14.1 Å². The molecule has 3 heterocycles. The molecule has 0 bridgehead atoms. The van der Waals surface area contributed by atoms with Gasteiger partial charge in [-0.3, -0.25) is 13.9 Å². The van der Waals surface area contributed by atoms with Crippen LogP contribution < -0.4 is 16.6 Å². The minimum atomic E-state index is -0.392. The molecule has 0 aliphatic heterocycles. The maximum atomic E-state index is 12.6. The fraction of sp³-hybridized carbons (Fsp3) is 0.312. The van der Waals surface area contributed by atoms with Crippen LogP contribution in [-0.4, -0.2) is 14.1 Å². The molecule has 3 rings (SSSR count). The second-order valence-corrected chi connectivity index (χ2v) is 5.35. The van der Waals surface area contributed by atoms with Gasteiger partial charge in [-0.2, -0.15) is 0 Å². The molecule has 23 heavy (non-hydrogen) atoms. The molecule has 0 atom stereocenters. The number of rotatable bonds is 4. The van der Waals surface area contributed by atoms with Gasteiger partial charge in [-0.15, -0.1) is 0 Å². The van der Waals surface area contributed by atoms with Crippen LogP contribution in [0.25, 0.3) is 11.0 Å². The third-order valence-corrected chi connectivity index (χ3v) is 3.95. The van der Waals surface area contributed by atoms with E-state index in [1.807, 2.05) is 19.1 Å². The molecule has 0 spiro atoms. The summed E-state index contributed by atoms with van der Waals surface area (Å²) < 4.78 is 7.80. The third-order valence-electron chi connectivity index (χ3n) is 3.95. The summed E-state index contributed by atoms with van der Waals surface area (Å²) in [7, 11) is 3.08. The summed E-state index contributed by atoms with van der Waals surface area (Å²) in [5.74, 6) is 0.763. The number of nitrogens with zero attached hydrogens (tertiary/aromatic N) is 3. The summed E-state index contributed by atoms with van der Waals surface area (Å²) in [6.07, 6.45) is 4.02. The van der Waals surface area contributed by atoms with Crippen molar-refractivity contribution in [3.8, 4) is 0 Å². The highest BCUT2D eigenvalue weighted by atomic mass is 16.3. The van der Waals surface area contributed by atoms with E-state index in [1.54, 1.807) is 19.5 Å². The Hall–Kier alpha value is -2.83. The average molecular weight is 314 g/mol. The summed E-state index contributed by atoms with van der Waals surface area (Å²) in [4.78, 5) is 29.0. The maximum absolute atomic E-state index is 12.6. The van der Waals surface area contributed by atoms with Crippen molar-refractivity contribution in [1.29, 1.82) is 0 Å². The van der Waals surface area contributed by atoms with Crippen molar-refractivity contribution < 1.29 is 4.42 Å². The molecule has 0 fully saturated rings. The Balaban J connectivity index is 2.25. The Morgan fingerprint density at radius 3 is 2.70 bits per heavy atom. The Morgan fingerprint density at radius 2 is 2.04 bits per heavy atom. The van der Waals surface area contributed by atoms with Crippen molar-refractivity contribution in [2.45, 2.75) is 19.9 Å². The minimum Gasteiger partial charge on any atom is -0.467 e. The van der Waals surface area contributed by atoms with Crippen LogP contribution in [0.2, 0.25) is 0 Å². The van der Waals surface area contributed by atoms with Gasteiger partial charge in [0.25, 0.3) is 5.56 Å². The second kappa shape index (κ2) is 5.75. The smallest absolute Gasteiger partial charge is 0.332 e. The lowest BCUT2D eigenvalue weighted by Crippen LogP contribution is -2.37. The molecular formula is C16H18N4O3. The zero-order valence-electron chi connectivity index (χ0n) is 13.3. The van der Waals surface area contributed by atoms with Crippen LogP contribution in [0.4, 0.5) is 5.69 Å². The van der Waals surface area contributed by atoms with E-state index in [-0.39, 0.29) is 5.56 Å². The molecule has 7 nitrogen and oxygen atoms in total. The molecule has 0 unspecified atom stereocenters. The topological polar surface area (TPSA) is 82.1 Å². The van der Waals surface area contributed by atoms with E-state index in [0.717, 1.165) is 22.3 Å². The van der Waals surface area contributed by atoms with Gasteiger partial charge in [0.1, 0.15) is 11.1 Å². The molecule has 3 aromatic rings. The zero-order valence-corrected chi connectivity index (χ0v) is 13.3. The largest absolute Gasteiger partial charge is 0.467 e. The van der Waals surface area contributed by atoms with E-state index < -0.39 is 5.69 Å². The quantitative estimate of drug-likeness (QED) is 0.787. The molecule has 0 aliphatic carbocycles. The average Bonchev–Trinajstić information content (AvgIpc) is 3.08. The van der Waals surface area contributed by atoms with Gasteiger partial charge in [0, 0.05) is 20.3 Å². The monoisotopic (exact) mass is 314 g/mol. The fourth-order valence-corrected chi connectivity index (χ4v) is 2.63. The molecule has 0 saturated heterocycles. The van der Waals surface area contributed by atoms with E-state index in [1.165, 1.54) is 11.6 Å². The van der Waals surface area contributed by atoms with Crippen LogP contribution >= 0.6 is 0 Å². The minimum absolute atomic E-state index is 0.354. The first-order chi connectivity index (χ1) is 11.0. The zero-order chi connectivity index (χ0) is 16.6. The lowest BCUT2D eigenvalue weighted by atomic mass is 10.1. The molecule has 3 aromatic heterocycles. The van der Waals surface area contributed by atoms with Crippen molar-refractivity contribution in [3.05, 3.63) is 56.8 Å². The van der Waals surface area contributed by atoms with E-state index in [0.29, 0.717) is 23.3 Å². The summed E-state index contributed by atoms with van der Waals surface area (Å²) in [6.45, 7) is 2.44. The first-order valence-electron chi connectivity index (χ1n) is 7.38. The van der Waals surface area contributed by atoms with Crippen molar-refractivity contribution >= 4 is 16.7 Å². The molecule has 0 amide bonds. The molecule has 120 valence electrons. The van der Waals surface area contributed by atoms with Gasteiger partial charge in [-0.25, -0.2) is 9.78 Å². The van der Waals surface area contributed by atoms with Gasteiger partial charge in [0.15, 0.2) is 5.65 Å². The normalized spacial score (nSPS) is 11.1. The van der Waals surface area contributed by atoms with E-state index in [9.17, 15) is 9.59 Å². The third kappa shape index (κ3) is 2.44. The van der Waals surface area contributed by atoms with Crippen LogP contribution in [0.1, 0.15) is 18.2 Å². The Kier molecular flexibility index (Phi) is 3.77. The molecule has 0 aliphatic rings. The van der Waals surface area contributed by atoms with Crippen LogP contribution in [0, 0.1) is 0 Å². The molecule has 0 aromatic carbocycles. The highest BCUT2D eigenvalue weighted by Crippen LogP contribution is 2.23. The SMILES string of the molecule is CCc1cnc2c(c1NCc1ccco1)c(=O)n(C)c(=O)n2C. The highest BCUT2D eigenvalue weighted by molar-refractivity contribution is 5.90. The first kappa shape index (κ1) is 15.1. The van der Waals surface area contributed by atoms with Gasteiger partial charge < -0.3 is 9.73 Å². The molecular weight excluding hydrogens is 296 g/mol. The van der Waals surface area contributed by atoms with Crippen molar-refractivity contribution in [2.24, 2.45) is 14.1 Å². The summed E-state index contributed by atoms with van der Waals surface area (Å²) >= 11 is 0. The Bertz CT molecular complexity index is 968. The molecule has 7 heteroatoms. The van der Waals surface area contributed by atoms with Gasteiger partial charge in [0.2, 0.25) is 0 Å². The summed E-state index contributed by atoms with van der Waals surface area (Å²) in [6, 6.07) is 3.67. The van der Waals surface area contributed by atoms with Crippen LogP contribution in [0.15, 0.2) is 38.6 Å². The predicted molar refractivity (Wildman–Crippen MR) is 87.6 cm³/mol. The Labute approximate surface area is 132 Å². The standard InChI is InChI=1S/C16H18N4O3/c1-4-10-8-18-14-12(15(21)20(3)16(22)19(14)2)13(10)17-9-11-6-5-7-23-11/h5-8H,4,9H2,1-3H3,(H,17,18). The predicted octanol–water partition coefficient (Wildman–Crippen LogP) is 1.40. The van der Waals surface area contributed by atoms with Crippen LogP contribution in [0.5, 0.6) is 0 Å². The number of furan rings is 1.